The molecule has 1 spiro atoms. The smallest absolute Gasteiger partial charge is 0.129 e. The van der Waals surface area contributed by atoms with Gasteiger partial charge in [0.05, 0.1) is 6.54 Å². The third kappa shape index (κ3) is 3.42. The van der Waals surface area contributed by atoms with Gasteiger partial charge in [0.2, 0.25) is 0 Å². The summed E-state index contributed by atoms with van der Waals surface area (Å²) in [5.41, 5.74) is 3.12. The van der Waals surface area contributed by atoms with Crippen molar-refractivity contribution in [3.63, 3.8) is 0 Å². The second-order valence-corrected chi connectivity index (χ2v) is 8.41. The quantitative estimate of drug-likeness (QED) is 0.744. The lowest BCUT2D eigenvalue weighted by Gasteiger charge is -2.42. The zero-order valence-electron chi connectivity index (χ0n) is 13.9. The molecule has 2 nitrogen and oxygen atoms in total. The van der Waals surface area contributed by atoms with Crippen LogP contribution in [-0.4, -0.2) is 17.3 Å². The van der Waals surface area contributed by atoms with Crippen molar-refractivity contribution in [3.05, 3.63) is 64.4 Å². The molecule has 0 radical (unpaired) electrons. The first-order chi connectivity index (χ1) is 12.2. The van der Waals surface area contributed by atoms with Gasteiger partial charge in [-0.1, -0.05) is 35.9 Å². The van der Waals surface area contributed by atoms with Crippen molar-refractivity contribution in [2.45, 2.75) is 25.8 Å². The fourth-order valence-corrected chi connectivity index (χ4v) is 5.13. The Kier molecular flexibility index (Phi) is 4.74. The summed E-state index contributed by atoms with van der Waals surface area (Å²) in [5.74, 6) is 3.03. The monoisotopic (exact) mass is 374 g/mol. The SMILES string of the molecule is Fc1cc(Cl)ccc1CN=C1Nc2ccccc2CC12CCSCC2. The molecule has 1 fully saturated rings. The third-order valence-corrected chi connectivity index (χ3v) is 6.39. The van der Waals surface area contributed by atoms with E-state index in [-0.39, 0.29) is 11.2 Å². The summed E-state index contributed by atoms with van der Waals surface area (Å²) in [5, 5.41) is 3.97. The van der Waals surface area contributed by atoms with E-state index in [1.807, 2.05) is 17.8 Å². The van der Waals surface area contributed by atoms with Crippen LogP contribution in [-0.2, 0) is 13.0 Å². The van der Waals surface area contributed by atoms with Crippen LogP contribution in [0, 0.1) is 11.2 Å². The van der Waals surface area contributed by atoms with Gasteiger partial charge in [0.25, 0.3) is 0 Å². The number of aliphatic imine (C=N–C) groups is 1. The Bertz CT molecular complexity index is 815. The average Bonchev–Trinajstić information content (AvgIpc) is 2.62. The van der Waals surface area contributed by atoms with Gasteiger partial charge in [-0.05, 0) is 54.5 Å². The van der Waals surface area contributed by atoms with Gasteiger partial charge in [0.1, 0.15) is 11.7 Å². The highest BCUT2D eigenvalue weighted by molar-refractivity contribution is 7.99. The van der Waals surface area contributed by atoms with Gasteiger partial charge in [-0.15, -0.1) is 0 Å². The molecule has 5 heteroatoms. The van der Waals surface area contributed by atoms with E-state index in [4.69, 9.17) is 16.6 Å². The molecule has 0 saturated carbocycles. The largest absolute Gasteiger partial charge is 0.343 e. The van der Waals surface area contributed by atoms with E-state index in [0.717, 1.165) is 42.3 Å². The highest BCUT2D eigenvalue weighted by Crippen LogP contribution is 2.44. The predicted molar refractivity (Wildman–Crippen MR) is 105 cm³/mol. The normalized spacial score (nSPS) is 20.3. The molecular formula is C20H20ClFN2S. The number of rotatable bonds is 2. The first kappa shape index (κ1) is 16.9. The van der Waals surface area contributed by atoms with Gasteiger partial charge >= 0.3 is 0 Å². The molecule has 0 unspecified atom stereocenters. The zero-order valence-corrected chi connectivity index (χ0v) is 15.5. The van der Waals surface area contributed by atoms with E-state index in [2.05, 4.69) is 23.5 Å². The van der Waals surface area contributed by atoms with Crippen LogP contribution in [0.1, 0.15) is 24.0 Å². The Hall–Kier alpha value is -1.52. The van der Waals surface area contributed by atoms with Crippen LogP contribution in [0.4, 0.5) is 10.1 Å². The zero-order chi connectivity index (χ0) is 17.3. The van der Waals surface area contributed by atoms with Crippen LogP contribution in [0.15, 0.2) is 47.5 Å². The molecule has 130 valence electrons. The van der Waals surface area contributed by atoms with Gasteiger partial charge in [0, 0.05) is 21.7 Å². The number of amidine groups is 1. The number of thioether (sulfide) groups is 1. The minimum Gasteiger partial charge on any atom is -0.343 e. The first-order valence-corrected chi connectivity index (χ1v) is 10.1. The van der Waals surface area contributed by atoms with E-state index < -0.39 is 0 Å². The summed E-state index contributed by atoms with van der Waals surface area (Å²) >= 11 is 7.86. The lowest BCUT2D eigenvalue weighted by molar-refractivity contribution is 0.377. The molecule has 0 aromatic heterocycles. The van der Waals surface area contributed by atoms with Crippen LogP contribution in [0.5, 0.6) is 0 Å². The van der Waals surface area contributed by atoms with Crippen molar-refractivity contribution in [1.82, 2.24) is 0 Å². The van der Waals surface area contributed by atoms with Gasteiger partial charge in [0.15, 0.2) is 0 Å². The number of nitrogens with one attached hydrogen (secondary N) is 1. The van der Waals surface area contributed by atoms with Gasteiger partial charge in [-0.2, -0.15) is 11.8 Å². The second-order valence-electron chi connectivity index (χ2n) is 6.75. The number of hydrogen-bond donors (Lipinski definition) is 1. The Labute approximate surface area is 156 Å². The molecule has 1 N–H and O–H groups in total. The van der Waals surface area contributed by atoms with Gasteiger partial charge < -0.3 is 5.32 Å². The Morgan fingerprint density at radius 3 is 2.76 bits per heavy atom. The van der Waals surface area contributed by atoms with Gasteiger partial charge in [-0.25, -0.2) is 4.39 Å². The fraction of sp³-hybridized carbons (Fsp3) is 0.350. The summed E-state index contributed by atoms with van der Waals surface area (Å²) in [4.78, 5) is 4.83. The number of benzene rings is 2. The minimum atomic E-state index is -0.290. The van der Waals surface area contributed by atoms with E-state index >= 15 is 0 Å². The predicted octanol–water partition coefficient (Wildman–Crippen LogP) is 5.56. The van der Waals surface area contributed by atoms with Crippen LogP contribution in [0.2, 0.25) is 5.02 Å². The Morgan fingerprint density at radius 1 is 1.16 bits per heavy atom. The summed E-state index contributed by atoms with van der Waals surface area (Å²) < 4.78 is 14.1. The highest BCUT2D eigenvalue weighted by atomic mass is 35.5. The molecule has 2 heterocycles. The number of hydrogen-bond acceptors (Lipinski definition) is 2. The molecule has 4 rings (SSSR count). The van der Waals surface area contributed by atoms with Crippen LogP contribution < -0.4 is 5.32 Å². The maximum absolute atomic E-state index is 14.1. The van der Waals surface area contributed by atoms with Crippen molar-refractivity contribution in [1.29, 1.82) is 0 Å². The number of fused-ring (bicyclic) bond motifs is 1. The first-order valence-electron chi connectivity index (χ1n) is 8.58. The number of para-hydroxylation sites is 1. The topological polar surface area (TPSA) is 24.4 Å². The van der Waals surface area contributed by atoms with Crippen molar-refractivity contribution < 1.29 is 4.39 Å². The van der Waals surface area contributed by atoms with Gasteiger partial charge in [-0.3, -0.25) is 4.99 Å². The third-order valence-electron chi connectivity index (χ3n) is 5.17. The number of anilines is 1. The molecule has 0 atom stereocenters. The molecule has 1 saturated heterocycles. The maximum atomic E-state index is 14.1. The van der Waals surface area contributed by atoms with E-state index in [0.29, 0.717) is 17.1 Å². The summed E-state index contributed by atoms with van der Waals surface area (Å²) in [6, 6.07) is 13.2. The fourth-order valence-electron chi connectivity index (χ4n) is 3.70. The minimum absolute atomic E-state index is 0.0580. The highest BCUT2D eigenvalue weighted by Gasteiger charge is 2.41. The standard InChI is InChI=1S/C20H20ClFN2S/c21-16-6-5-15(17(22)11-16)13-23-19-20(7-9-25-10-8-20)12-14-3-1-2-4-18(14)24-19/h1-6,11H,7-10,12-13H2,(H,23,24). The molecule has 2 aromatic rings. The van der Waals surface area contributed by atoms with E-state index in [1.54, 1.807) is 12.1 Å². The molecule has 2 aromatic carbocycles. The summed E-state index contributed by atoms with van der Waals surface area (Å²) in [6.07, 6.45) is 3.24. The van der Waals surface area contributed by atoms with Crippen LogP contribution in [0.25, 0.3) is 0 Å². The lowest BCUT2D eigenvalue weighted by atomic mass is 9.73. The number of nitrogens with zero attached hydrogens (tertiary/aromatic N) is 1. The van der Waals surface area contributed by atoms with Crippen molar-refractivity contribution in [2.75, 3.05) is 16.8 Å². The molecule has 2 aliphatic rings. The molecule has 25 heavy (non-hydrogen) atoms. The molecular weight excluding hydrogens is 355 g/mol. The maximum Gasteiger partial charge on any atom is 0.129 e. The number of halogens is 2. The lowest BCUT2D eigenvalue weighted by Crippen LogP contribution is -2.44. The van der Waals surface area contributed by atoms with E-state index in [1.165, 1.54) is 11.6 Å². The molecule has 0 amide bonds. The van der Waals surface area contributed by atoms with Crippen molar-refractivity contribution >= 4 is 34.9 Å². The molecule has 2 aliphatic heterocycles. The van der Waals surface area contributed by atoms with Crippen LogP contribution >= 0.6 is 23.4 Å². The second kappa shape index (κ2) is 7.00. The van der Waals surface area contributed by atoms with Crippen LogP contribution in [0.3, 0.4) is 0 Å². The molecule has 0 bridgehead atoms. The summed E-state index contributed by atoms with van der Waals surface area (Å²) in [7, 11) is 0. The van der Waals surface area contributed by atoms with Crippen molar-refractivity contribution in [2.24, 2.45) is 10.4 Å². The Balaban J connectivity index is 1.67. The molecule has 0 aliphatic carbocycles. The summed E-state index contributed by atoms with van der Waals surface area (Å²) in [6.45, 7) is 0.336. The van der Waals surface area contributed by atoms with Crippen molar-refractivity contribution in [3.8, 4) is 0 Å². The average molecular weight is 375 g/mol. The van der Waals surface area contributed by atoms with E-state index in [9.17, 15) is 4.39 Å². The Morgan fingerprint density at radius 2 is 1.96 bits per heavy atom.